The SMILES string of the molecule is CC(Nc1ccc(N2CCN(Cc3ccccc3)CC2)cc1)C(=O)Nc1cccc(F)c1. The van der Waals surface area contributed by atoms with Gasteiger partial charge in [-0.05, 0) is 55.0 Å². The summed E-state index contributed by atoms with van der Waals surface area (Å²) in [7, 11) is 0. The summed E-state index contributed by atoms with van der Waals surface area (Å²) in [5.41, 5.74) is 3.86. The van der Waals surface area contributed by atoms with Gasteiger partial charge in [0.1, 0.15) is 11.9 Å². The number of nitrogens with one attached hydrogen (secondary N) is 2. The zero-order valence-electron chi connectivity index (χ0n) is 18.3. The number of amides is 1. The van der Waals surface area contributed by atoms with Gasteiger partial charge in [0.2, 0.25) is 5.91 Å². The van der Waals surface area contributed by atoms with Crippen molar-refractivity contribution in [3.05, 3.63) is 90.2 Å². The lowest BCUT2D eigenvalue weighted by atomic mass is 10.2. The minimum absolute atomic E-state index is 0.214. The molecule has 166 valence electrons. The van der Waals surface area contributed by atoms with Crippen LogP contribution < -0.4 is 15.5 Å². The second kappa shape index (κ2) is 10.3. The van der Waals surface area contributed by atoms with Crippen molar-refractivity contribution in [2.45, 2.75) is 19.5 Å². The van der Waals surface area contributed by atoms with E-state index in [1.54, 1.807) is 19.1 Å². The quantitative estimate of drug-likeness (QED) is 0.574. The maximum atomic E-state index is 13.3. The molecule has 1 heterocycles. The number of piperazine rings is 1. The highest BCUT2D eigenvalue weighted by atomic mass is 19.1. The van der Waals surface area contributed by atoms with Crippen LogP contribution in [0.3, 0.4) is 0 Å². The maximum Gasteiger partial charge on any atom is 0.246 e. The first-order valence-corrected chi connectivity index (χ1v) is 11.0. The number of carbonyl (C=O) groups is 1. The Labute approximate surface area is 188 Å². The molecule has 3 aromatic carbocycles. The van der Waals surface area contributed by atoms with Gasteiger partial charge in [-0.15, -0.1) is 0 Å². The zero-order chi connectivity index (χ0) is 22.3. The molecule has 1 saturated heterocycles. The second-order valence-corrected chi connectivity index (χ2v) is 8.16. The van der Waals surface area contributed by atoms with Gasteiger partial charge in [-0.2, -0.15) is 0 Å². The lowest BCUT2D eigenvalue weighted by Gasteiger charge is -2.36. The van der Waals surface area contributed by atoms with Crippen molar-refractivity contribution < 1.29 is 9.18 Å². The van der Waals surface area contributed by atoms with Crippen LogP contribution in [-0.2, 0) is 11.3 Å². The Balaban J connectivity index is 1.26. The predicted octanol–water partition coefficient (Wildman–Crippen LogP) is 4.59. The third-order valence-corrected chi connectivity index (χ3v) is 5.72. The van der Waals surface area contributed by atoms with E-state index in [9.17, 15) is 9.18 Å². The van der Waals surface area contributed by atoms with Crippen molar-refractivity contribution in [2.24, 2.45) is 0 Å². The van der Waals surface area contributed by atoms with Crippen molar-refractivity contribution in [1.82, 2.24) is 4.90 Å². The van der Waals surface area contributed by atoms with Crippen LogP contribution in [-0.4, -0.2) is 43.0 Å². The standard InChI is InChI=1S/C26H29FN4O/c1-20(26(32)29-24-9-5-8-22(27)18-24)28-23-10-12-25(13-11-23)31-16-14-30(15-17-31)19-21-6-3-2-4-7-21/h2-13,18,20,28H,14-17,19H2,1H3,(H,29,32). The average molecular weight is 433 g/mol. The molecule has 0 saturated carbocycles. The highest BCUT2D eigenvalue weighted by molar-refractivity contribution is 5.96. The Hall–Kier alpha value is -3.38. The molecule has 1 aliphatic rings. The molecule has 32 heavy (non-hydrogen) atoms. The first kappa shape index (κ1) is 21.8. The maximum absolute atomic E-state index is 13.3. The number of hydrogen-bond acceptors (Lipinski definition) is 4. The van der Waals surface area contributed by atoms with Crippen LogP contribution in [0.5, 0.6) is 0 Å². The minimum atomic E-state index is -0.453. The first-order valence-electron chi connectivity index (χ1n) is 11.0. The van der Waals surface area contributed by atoms with E-state index in [2.05, 4.69) is 62.9 Å². The van der Waals surface area contributed by atoms with E-state index in [1.807, 2.05) is 12.1 Å². The van der Waals surface area contributed by atoms with Crippen molar-refractivity contribution in [2.75, 3.05) is 41.7 Å². The van der Waals surface area contributed by atoms with Gasteiger partial charge in [0, 0.05) is 49.8 Å². The van der Waals surface area contributed by atoms with Gasteiger partial charge in [0.15, 0.2) is 0 Å². The number of rotatable bonds is 7. The molecule has 3 aromatic rings. The largest absolute Gasteiger partial charge is 0.374 e. The summed E-state index contributed by atoms with van der Waals surface area (Å²) in [5.74, 6) is -0.589. The predicted molar refractivity (Wildman–Crippen MR) is 128 cm³/mol. The van der Waals surface area contributed by atoms with E-state index in [0.717, 1.165) is 38.4 Å². The number of benzene rings is 3. The molecule has 4 rings (SSSR count). The van der Waals surface area contributed by atoms with Gasteiger partial charge in [-0.3, -0.25) is 9.69 Å². The summed E-state index contributed by atoms with van der Waals surface area (Å²) in [6.07, 6.45) is 0. The molecule has 0 bridgehead atoms. The van der Waals surface area contributed by atoms with Crippen molar-refractivity contribution in [3.8, 4) is 0 Å². The fourth-order valence-electron chi connectivity index (χ4n) is 3.91. The molecule has 0 spiro atoms. The van der Waals surface area contributed by atoms with Crippen LogP contribution in [0.4, 0.5) is 21.5 Å². The molecule has 0 aliphatic carbocycles. The zero-order valence-corrected chi connectivity index (χ0v) is 18.3. The Bertz CT molecular complexity index is 1020. The Morgan fingerprint density at radius 2 is 1.62 bits per heavy atom. The van der Waals surface area contributed by atoms with Crippen molar-refractivity contribution in [3.63, 3.8) is 0 Å². The van der Waals surface area contributed by atoms with E-state index >= 15 is 0 Å². The summed E-state index contributed by atoms with van der Waals surface area (Å²) in [6, 6.07) is 24.2. The topological polar surface area (TPSA) is 47.6 Å². The average Bonchev–Trinajstić information content (AvgIpc) is 2.81. The van der Waals surface area contributed by atoms with E-state index < -0.39 is 6.04 Å². The van der Waals surface area contributed by atoms with Crippen molar-refractivity contribution in [1.29, 1.82) is 0 Å². The molecule has 1 amide bonds. The summed E-state index contributed by atoms with van der Waals surface area (Å²) >= 11 is 0. The van der Waals surface area contributed by atoms with Crippen LogP contribution in [0.15, 0.2) is 78.9 Å². The van der Waals surface area contributed by atoms with Crippen LogP contribution in [0.1, 0.15) is 12.5 Å². The molecule has 0 aromatic heterocycles. The molecule has 2 N–H and O–H groups in total. The summed E-state index contributed by atoms with van der Waals surface area (Å²) in [6.45, 7) is 6.83. The van der Waals surface area contributed by atoms with E-state index in [1.165, 1.54) is 23.4 Å². The smallest absolute Gasteiger partial charge is 0.246 e. The molecule has 1 unspecified atom stereocenters. The van der Waals surface area contributed by atoms with Crippen LogP contribution >= 0.6 is 0 Å². The number of hydrogen-bond donors (Lipinski definition) is 2. The number of halogens is 1. The summed E-state index contributed by atoms with van der Waals surface area (Å²) in [4.78, 5) is 17.3. The third kappa shape index (κ3) is 5.86. The Morgan fingerprint density at radius 3 is 2.31 bits per heavy atom. The summed E-state index contributed by atoms with van der Waals surface area (Å²) in [5, 5.41) is 5.94. The summed E-state index contributed by atoms with van der Waals surface area (Å²) < 4.78 is 13.3. The number of carbonyl (C=O) groups excluding carboxylic acids is 1. The molecule has 5 nitrogen and oxygen atoms in total. The van der Waals surface area contributed by atoms with Gasteiger partial charge in [-0.1, -0.05) is 36.4 Å². The highest BCUT2D eigenvalue weighted by Gasteiger charge is 2.18. The number of nitrogens with zero attached hydrogens (tertiary/aromatic N) is 2. The van der Waals surface area contributed by atoms with Gasteiger partial charge in [0.05, 0.1) is 0 Å². The molecular weight excluding hydrogens is 403 g/mol. The highest BCUT2D eigenvalue weighted by Crippen LogP contribution is 2.21. The van der Waals surface area contributed by atoms with Crippen molar-refractivity contribution >= 4 is 23.0 Å². The molecule has 0 radical (unpaired) electrons. The third-order valence-electron chi connectivity index (χ3n) is 5.72. The lowest BCUT2D eigenvalue weighted by molar-refractivity contribution is -0.116. The number of anilines is 3. The minimum Gasteiger partial charge on any atom is -0.374 e. The second-order valence-electron chi connectivity index (χ2n) is 8.16. The monoisotopic (exact) mass is 432 g/mol. The normalized spacial score (nSPS) is 15.2. The van der Waals surface area contributed by atoms with Gasteiger partial charge >= 0.3 is 0 Å². The Morgan fingerprint density at radius 1 is 0.906 bits per heavy atom. The fourth-order valence-corrected chi connectivity index (χ4v) is 3.91. The van der Waals surface area contributed by atoms with E-state index in [4.69, 9.17) is 0 Å². The van der Waals surface area contributed by atoms with Crippen LogP contribution in [0.25, 0.3) is 0 Å². The molecule has 1 fully saturated rings. The molecule has 6 heteroatoms. The van der Waals surface area contributed by atoms with Gasteiger partial charge in [0.25, 0.3) is 0 Å². The molecule has 1 atom stereocenters. The van der Waals surface area contributed by atoms with E-state index in [0.29, 0.717) is 5.69 Å². The van der Waals surface area contributed by atoms with Gasteiger partial charge in [-0.25, -0.2) is 4.39 Å². The van der Waals surface area contributed by atoms with Crippen LogP contribution in [0.2, 0.25) is 0 Å². The lowest BCUT2D eigenvalue weighted by Crippen LogP contribution is -2.45. The van der Waals surface area contributed by atoms with Crippen LogP contribution in [0, 0.1) is 5.82 Å². The molecular formula is C26H29FN4O. The van der Waals surface area contributed by atoms with Gasteiger partial charge < -0.3 is 15.5 Å². The van der Waals surface area contributed by atoms with E-state index in [-0.39, 0.29) is 11.7 Å². The fraction of sp³-hybridized carbons (Fsp3) is 0.269. The Kier molecular flexibility index (Phi) is 7.02. The first-order chi connectivity index (χ1) is 15.6. The molecule has 1 aliphatic heterocycles.